The molecule has 1 heterocycles. The molecule has 0 bridgehead atoms. The summed E-state index contributed by atoms with van der Waals surface area (Å²) in [5, 5.41) is 14.4. The molecule has 0 radical (unpaired) electrons. The van der Waals surface area contributed by atoms with Crippen LogP contribution in [0.2, 0.25) is 0 Å². The monoisotopic (exact) mass is 293 g/mol. The van der Waals surface area contributed by atoms with Gasteiger partial charge in [-0.15, -0.1) is 0 Å². The van der Waals surface area contributed by atoms with Crippen LogP contribution in [0.5, 0.6) is 5.75 Å². The van der Waals surface area contributed by atoms with E-state index in [1.54, 1.807) is 6.07 Å². The summed E-state index contributed by atoms with van der Waals surface area (Å²) in [6.45, 7) is 5.64. The van der Waals surface area contributed by atoms with Gasteiger partial charge in [0.15, 0.2) is 5.75 Å². The lowest BCUT2D eigenvalue weighted by Crippen LogP contribution is -2.41. The van der Waals surface area contributed by atoms with Crippen LogP contribution in [0.1, 0.15) is 26.7 Å². The molecule has 1 aliphatic rings. The van der Waals surface area contributed by atoms with Crippen LogP contribution in [0.4, 0.5) is 11.4 Å². The molecular formula is C15H23N3O3. The zero-order valence-corrected chi connectivity index (χ0v) is 12.8. The largest absolute Gasteiger partial charge is 0.484 e. The van der Waals surface area contributed by atoms with Crippen molar-refractivity contribution in [1.29, 1.82) is 0 Å². The van der Waals surface area contributed by atoms with Crippen LogP contribution in [0.3, 0.4) is 0 Å². The fraction of sp³-hybridized carbons (Fsp3) is 0.600. The van der Waals surface area contributed by atoms with E-state index in [4.69, 9.17) is 4.74 Å². The predicted molar refractivity (Wildman–Crippen MR) is 83.2 cm³/mol. The summed E-state index contributed by atoms with van der Waals surface area (Å²) in [7, 11) is 1.99. The zero-order valence-electron chi connectivity index (χ0n) is 12.8. The highest BCUT2D eigenvalue weighted by molar-refractivity contribution is 5.59. The fourth-order valence-corrected chi connectivity index (χ4v) is 2.63. The maximum absolute atomic E-state index is 11.1. The summed E-state index contributed by atoms with van der Waals surface area (Å²) < 4.78 is 5.60. The number of nitrogens with one attached hydrogen (secondary N) is 1. The number of ether oxygens (including phenoxy) is 1. The molecule has 0 aromatic heterocycles. The van der Waals surface area contributed by atoms with E-state index in [1.807, 2.05) is 27.0 Å². The first-order valence-corrected chi connectivity index (χ1v) is 7.38. The van der Waals surface area contributed by atoms with Gasteiger partial charge in [-0.1, -0.05) is 0 Å². The molecule has 6 nitrogen and oxygen atoms in total. The molecule has 0 spiro atoms. The van der Waals surface area contributed by atoms with Gasteiger partial charge in [-0.3, -0.25) is 10.1 Å². The number of hydrogen-bond acceptors (Lipinski definition) is 5. The van der Waals surface area contributed by atoms with E-state index >= 15 is 0 Å². The Balaban J connectivity index is 2.19. The highest BCUT2D eigenvalue weighted by atomic mass is 16.6. The Morgan fingerprint density at radius 2 is 2.05 bits per heavy atom. The number of nitrogens with zero attached hydrogens (tertiary/aromatic N) is 2. The number of nitro groups is 1. The molecule has 0 saturated carbocycles. The van der Waals surface area contributed by atoms with Gasteiger partial charge >= 0.3 is 5.69 Å². The van der Waals surface area contributed by atoms with Crippen molar-refractivity contribution in [1.82, 2.24) is 5.32 Å². The third-order valence-corrected chi connectivity index (χ3v) is 3.77. The lowest BCUT2D eigenvalue weighted by atomic mass is 10.0. The maximum Gasteiger partial charge on any atom is 0.311 e. The van der Waals surface area contributed by atoms with Crippen molar-refractivity contribution in [2.24, 2.45) is 0 Å². The van der Waals surface area contributed by atoms with E-state index in [0.29, 0.717) is 11.8 Å². The van der Waals surface area contributed by atoms with Crippen LogP contribution in [-0.4, -0.2) is 37.2 Å². The van der Waals surface area contributed by atoms with Crippen molar-refractivity contribution < 1.29 is 9.66 Å². The van der Waals surface area contributed by atoms with Gasteiger partial charge in [0.05, 0.1) is 11.0 Å². The van der Waals surface area contributed by atoms with Crippen molar-refractivity contribution in [2.45, 2.75) is 38.8 Å². The molecule has 1 N–H and O–H groups in total. The predicted octanol–water partition coefficient (Wildman–Crippen LogP) is 2.57. The van der Waals surface area contributed by atoms with Gasteiger partial charge in [0.2, 0.25) is 0 Å². The molecule has 1 fully saturated rings. The molecule has 1 aromatic rings. The van der Waals surface area contributed by atoms with E-state index in [2.05, 4.69) is 10.2 Å². The van der Waals surface area contributed by atoms with Gasteiger partial charge in [0.1, 0.15) is 0 Å². The molecule has 2 rings (SSSR count). The summed E-state index contributed by atoms with van der Waals surface area (Å²) in [6.07, 6.45) is 2.07. The third-order valence-electron chi connectivity index (χ3n) is 3.77. The molecular weight excluding hydrogens is 270 g/mol. The van der Waals surface area contributed by atoms with Crippen LogP contribution in [0.25, 0.3) is 0 Å². The van der Waals surface area contributed by atoms with Crippen LogP contribution >= 0.6 is 0 Å². The Morgan fingerprint density at radius 1 is 1.38 bits per heavy atom. The normalized spacial score (nSPS) is 16.3. The van der Waals surface area contributed by atoms with E-state index < -0.39 is 4.92 Å². The highest BCUT2D eigenvalue weighted by Crippen LogP contribution is 2.33. The second kappa shape index (κ2) is 6.76. The molecule has 116 valence electrons. The Morgan fingerprint density at radius 3 is 2.57 bits per heavy atom. The molecule has 0 amide bonds. The van der Waals surface area contributed by atoms with E-state index in [9.17, 15) is 10.1 Å². The first kappa shape index (κ1) is 15.6. The molecule has 21 heavy (non-hydrogen) atoms. The van der Waals surface area contributed by atoms with E-state index in [1.165, 1.54) is 6.07 Å². The SMILES string of the molecule is CNC1CCN(c2ccc([N+](=O)[O-])c(OC(C)C)c2)CC1. The first-order chi connectivity index (χ1) is 10.0. The Kier molecular flexibility index (Phi) is 5.01. The third kappa shape index (κ3) is 3.85. The minimum atomic E-state index is -0.394. The van der Waals surface area contributed by atoms with Crippen LogP contribution < -0.4 is 15.0 Å². The standard InChI is InChI=1S/C15H23N3O3/c1-11(2)21-15-10-13(4-5-14(15)18(19)20)17-8-6-12(16-3)7-9-17/h4-5,10-12,16H,6-9H2,1-3H3. The van der Waals surface area contributed by atoms with Gasteiger partial charge < -0.3 is 15.0 Å². The van der Waals surface area contributed by atoms with Crippen LogP contribution in [-0.2, 0) is 0 Å². The molecule has 0 atom stereocenters. The van der Waals surface area contributed by atoms with Crippen molar-refractivity contribution in [3.05, 3.63) is 28.3 Å². The second-order valence-electron chi connectivity index (χ2n) is 5.63. The second-order valence-corrected chi connectivity index (χ2v) is 5.63. The van der Waals surface area contributed by atoms with Crippen molar-refractivity contribution >= 4 is 11.4 Å². The Bertz CT molecular complexity index is 497. The molecule has 1 saturated heterocycles. The zero-order chi connectivity index (χ0) is 15.4. The van der Waals surface area contributed by atoms with Crippen molar-refractivity contribution in [3.8, 4) is 5.75 Å². The molecule has 6 heteroatoms. The highest BCUT2D eigenvalue weighted by Gasteiger charge is 2.22. The number of benzene rings is 1. The summed E-state index contributed by atoms with van der Waals surface area (Å²) in [5.74, 6) is 0.350. The summed E-state index contributed by atoms with van der Waals surface area (Å²) in [5.41, 5.74) is 1.02. The number of hydrogen-bond donors (Lipinski definition) is 1. The lowest BCUT2D eigenvalue weighted by molar-refractivity contribution is -0.386. The Labute approximate surface area is 125 Å². The van der Waals surface area contributed by atoms with Gasteiger partial charge in [0, 0.05) is 37.0 Å². The summed E-state index contributed by atoms with van der Waals surface area (Å²) in [4.78, 5) is 12.9. The number of nitro benzene ring substituents is 1. The quantitative estimate of drug-likeness (QED) is 0.667. The number of piperidine rings is 1. The molecule has 1 aliphatic heterocycles. The topological polar surface area (TPSA) is 67.6 Å². The number of rotatable bonds is 5. The van der Waals surface area contributed by atoms with Crippen LogP contribution in [0, 0.1) is 10.1 Å². The smallest absolute Gasteiger partial charge is 0.311 e. The minimum absolute atomic E-state index is 0.0255. The Hall–Kier alpha value is -1.82. The lowest BCUT2D eigenvalue weighted by Gasteiger charge is -2.33. The molecule has 0 unspecified atom stereocenters. The summed E-state index contributed by atoms with van der Waals surface area (Å²) >= 11 is 0. The van der Waals surface area contributed by atoms with E-state index in [-0.39, 0.29) is 11.8 Å². The van der Waals surface area contributed by atoms with Crippen molar-refractivity contribution in [2.75, 3.05) is 25.0 Å². The van der Waals surface area contributed by atoms with E-state index in [0.717, 1.165) is 31.6 Å². The van der Waals surface area contributed by atoms with Gasteiger partial charge in [-0.05, 0) is 39.8 Å². The fourth-order valence-electron chi connectivity index (χ4n) is 2.63. The average molecular weight is 293 g/mol. The van der Waals surface area contributed by atoms with Crippen LogP contribution in [0.15, 0.2) is 18.2 Å². The minimum Gasteiger partial charge on any atom is -0.484 e. The molecule has 1 aromatic carbocycles. The summed E-state index contributed by atoms with van der Waals surface area (Å²) in [6, 6.07) is 5.70. The van der Waals surface area contributed by atoms with Gasteiger partial charge in [0.25, 0.3) is 0 Å². The molecule has 0 aliphatic carbocycles. The average Bonchev–Trinajstić information content (AvgIpc) is 2.46. The first-order valence-electron chi connectivity index (χ1n) is 7.38. The van der Waals surface area contributed by atoms with Gasteiger partial charge in [-0.25, -0.2) is 0 Å². The number of anilines is 1. The van der Waals surface area contributed by atoms with Gasteiger partial charge in [-0.2, -0.15) is 0 Å². The maximum atomic E-state index is 11.1. The van der Waals surface area contributed by atoms with Crippen molar-refractivity contribution in [3.63, 3.8) is 0 Å².